The predicted molar refractivity (Wildman–Crippen MR) is 72.8 cm³/mol. The fraction of sp³-hybridized carbons (Fsp3) is 0.667. The highest BCUT2D eigenvalue weighted by Gasteiger charge is 2.11. The average molecular weight is 238 g/mol. The minimum absolute atomic E-state index is 0.148. The van der Waals surface area contributed by atoms with Crippen LogP contribution in [-0.4, -0.2) is 12.1 Å². The molecular formula is C15H26O2. The van der Waals surface area contributed by atoms with Crippen LogP contribution in [0.1, 0.15) is 53.9 Å². The lowest BCUT2D eigenvalue weighted by Gasteiger charge is -2.18. The first-order valence-electron chi connectivity index (χ1n) is 6.27. The third-order valence-electron chi connectivity index (χ3n) is 2.20. The van der Waals surface area contributed by atoms with Gasteiger partial charge in [-0.15, -0.1) is 0 Å². The molecule has 0 amide bonds. The van der Waals surface area contributed by atoms with Gasteiger partial charge in [0.25, 0.3) is 0 Å². The van der Waals surface area contributed by atoms with Crippen molar-refractivity contribution in [3.8, 4) is 0 Å². The van der Waals surface area contributed by atoms with Crippen molar-refractivity contribution in [2.45, 2.75) is 60.0 Å². The van der Waals surface area contributed by atoms with Gasteiger partial charge in [-0.25, -0.2) is 0 Å². The molecule has 0 saturated carbocycles. The van der Waals surface area contributed by atoms with E-state index in [1.165, 1.54) is 5.57 Å². The molecule has 0 aliphatic carbocycles. The second-order valence-corrected chi connectivity index (χ2v) is 5.67. The molecule has 1 unspecified atom stereocenters. The summed E-state index contributed by atoms with van der Waals surface area (Å²) in [7, 11) is 0. The Bertz CT molecular complexity index is 282. The number of hydrogen-bond donors (Lipinski definition) is 0. The molecule has 0 aliphatic heterocycles. The molecule has 17 heavy (non-hydrogen) atoms. The van der Waals surface area contributed by atoms with Gasteiger partial charge in [-0.3, -0.25) is 4.79 Å². The van der Waals surface area contributed by atoms with Crippen molar-refractivity contribution in [1.82, 2.24) is 0 Å². The molecule has 1 atom stereocenters. The third kappa shape index (κ3) is 9.86. The van der Waals surface area contributed by atoms with Gasteiger partial charge in [-0.2, -0.15) is 0 Å². The molecular weight excluding hydrogens is 212 g/mol. The van der Waals surface area contributed by atoms with Crippen LogP contribution >= 0.6 is 0 Å². The fourth-order valence-corrected chi connectivity index (χ4v) is 1.58. The topological polar surface area (TPSA) is 26.3 Å². The summed E-state index contributed by atoms with van der Waals surface area (Å²) in [6.07, 6.45) is 6.09. The summed E-state index contributed by atoms with van der Waals surface area (Å²) >= 11 is 0. The van der Waals surface area contributed by atoms with E-state index in [0.717, 1.165) is 12.8 Å². The molecule has 0 aliphatic rings. The number of rotatable bonds is 6. The summed E-state index contributed by atoms with van der Waals surface area (Å²) in [5.41, 5.74) is 1.49. The molecule has 0 saturated heterocycles. The van der Waals surface area contributed by atoms with Gasteiger partial charge in [-0.1, -0.05) is 45.9 Å². The standard InChI is InChI=1S/C15H26O2/c1-7-14(16)17-13(3)10-8-9-12(2)11-15(4,5)6/h8,10,13H,2,7,9,11H2,1,3-6H3. The lowest BCUT2D eigenvalue weighted by molar-refractivity contribution is -0.145. The van der Waals surface area contributed by atoms with Gasteiger partial charge in [-0.05, 0) is 31.3 Å². The highest BCUT2D eigenvalue weighted by molar-refractivity contribution is 5.69. The quantitative estimate of drug-likeness (QED) is 0.510. The van der Waals surface area contributed by atoms with E-state index in [1.54, 1.807) is 6.92 Å². The van der Waals surface area contributed by atoms with Crippen molar-refractivity contribution in [1.29, 1.82) is 0 Å². The first-order chi connectivity index (χ1) is 7.74. The van der Waals surface area contributed by atoms with Crippen molar-refractivity contribution >= 4 is 5.97 Å². The van der Waals surface area contributed by atoms with Gasteiger partial charge in [0.05, 0.1) is 0 Å². The molecule has 0 aromatic carbocycles. The van der Waals surface area contributed by atoms with E-state index in [9.17, 15) is 4.79 Å². The van der Waals surface area contributed by atoms with Crippen molar-refractivity contribution in [3.05, 3.63) is 24.3 Å². The average Bonchev–Trinajstić information content (AvgIpc) is 2.14. The SMILES string of the molecule is C=C(CC=CC(C)OC(=O)CC)CC(C)(C)C. The zero-order valence-corrected chi connectivity index (χ0v) is 11.9. The summed E-state index contributed by atoms with van der Waals surface area (Å²) < 4.78 is 5.13. The van der Waals surface area contributed by atoms with E-state index < -0.39 is 0 Å². The maximum absolute atomic E-state index is 11.0. The maximum Gasteiger partial charge on any atom is 0.306 e. The lowest BCUT2D eigenvalue weighted by Crippen LogP contribution is -2.11. The Labute approximate surface area is 106 Å². The zero-order chi connectivity index (χ0) is 13.5. The van der Waals surface area contributed by atoms with Gasteiger partial charge in [0.1, 0.15) is 6.10 Å². The molecule has 98 valence electrons. The van der Waals surface area contributed by atoms with Gasteiger partial charge in [0.2, 0.25) is 0 Å². The van der Waals surface area contributed by atoms with Crippen LogP contribution in [-0.2, 0) is 9.53 Å². The molecule has 0 aromatic heterocycles. The summed E-state index contributed by atoms with van der Waals surface area (Å²) in [5.74, 6) is -0.157. The first kappa shape index (κ1) is 16.0. The van der Waals surface area contributed by atoms with E-state index in [-0.39, 0.29) is 17.5 Å². The summed E-state index contributed by atoms with van der Waals surface area (Å²) in [4.78, 5) is 11.0. The minimum Gasteiger partial charge on any atom is -0.458 e. The molecule has 0 rings (SSSR count). The largest absolute Gasteiger partial charge is 0.458 e. The molecule has 0 N–H and O–H groups in total. The Morgan fingerprint density at radius 1 is 1.41 bits per heavy atom. The van der Waals surface area contributed by atoms with E-state index in [0.29, 0.717) is 6.42 Å². The number of carbonyl (C=O) groups excluding carboxylic acids is 1. The lowest BCUT2D eigenvalue weighted by atomic mass is 9.87. The van der Waals surface area contributed by atoms with Crippen LogP contribution in [0.3, 0.4) is 0 Å². The zero-order valence-electron chi connectivity index (χ0n) is 11.9. The molecule has 0 heterocycles. The molecule has 0 radical (unpaired) electrons. The number of carbonyl (C=O) groups is 1. The van der Waals surface area contributed by atoms with Gasteiger partial charge in [0.15, 0.2) is 0 Å². The Morgan fingerprint density at radius 3 is 2.47 bits per heavy atom. The number of esters is 1. The number of ether oxygens (including phenoxy) is 1. The molecule has 2 nitrogen and oxygen atoms in total. The van der Waals surface area contributed by atoms with E-state index in [1.807, 2.05) is 19.1 Å². The van der Waals surface area contributed by atoms with Crippen LogP contribution in [0.5, 0.6) is 0 Å². The normalized spacial score (nSPS) is 13.7. The number of allylic oxidation sites excluding steroid dienone is 2. The van der Waals surface area contributed by atoms with Crippen LogP contribution in [0.4, 0.5) is 0 Å². The van der Waals surface area contributed by atoms with E-state index in [2.05, 4.69) is 27.4 Å². The van der Waals surface area contributed by atoms with Crippen molar-refractivity contribution < 1.29 is 9.53 Å². The van der Waals surface area contributed by atoms with Gasteiger partial charge >= 0.3 is 5.97 Å². The molecule has 0 bridgehead atoms. The second-order valence-electron chi connectivity index (χ2n) is 5.67. The molecule has 0 fully saturated rings. The minimum atomic E-state index is -0.157. The van der Waals surface area contributed by atoms with E-state index >= 15 is 0 Å². The fourth-order valence-electron chi connectivity index (χ4n) is 1.58. The third-order valence-corrected chi connectivity index (χ3v) is 2.20. The summed E-state index contributed by atoms with van der Waals surface area (Å²) in [6.45, 7) is 14.3. The Balaban J connectivity index is 3.94. The van der Waals surface area contributed by atoms with Crippen LogP contribution in [0.15, 0.2) is 24.3 Å². The van der Waals surface area contributed by atoms with Crippen LogP contribution in [0, 0.1) is 5.41 Å². The van der Waals surface area contributed by atoms with Crippen LogP contribution in [0.25, 0.3) is 0 Å². The number of hydrogen-bond acceptors (Lipinski definition) is 2. The van der Waals surface area contributed by atoms with Gasteiger partial charge < -0.3 is 4.74 Å². The van der Waals surface area contributed by atoms with Gasteiger partial charge in [0, 0.05) is 6.42 Å². The van der Waals surface area contributed by atoms with Crippen LogP contribution < -0.4 is 0 Å². The maximum atomic E-state index is 11.0. The second kappa shape index (κ2) is 7.31. The Kier molecular flexibility index (Phi) is 6.86. The highest BCUT2D eigenvalue weighted by atomic mass is 16.5. The smallest absolute Gasteiger partial charge is 0.306 e. The van der Waals surface area contributed by atoms with E-state index in [4.69, 9.17) is 4.74 Å². The van der Waals surface area contributed by atoms with Crippen LogP contribution in [0.2, 0.25) is 0 Å². The molecule has 0 aromatic rings. The Morgan fingerprint density at radius 2 is 2.00 bits per heavy atom. The molecule has 2 heteroatoms. The summed E-state index contributed by atoms with van der Waals surface area (Å²) in [6, 6.07) is 0. The monoisotopic (exact) mass is 238 g/mol. The van der Waals surface area contributed by atoms with Crippen molar-refractivity contribution in [2.24, 2.45) is 5.41 Å². The first-order valence-corrected chi connectivity index (χ1v) is 6.27. The van der Waals surface area contributed by atoms with Crippen molar-refractivity contribution in [3.63, 3.8) is 0 Å². The predicted octanol–water partition coefficient (Wildman–Crippen LogP) is 4.27. The Hall–Kier alpha value is -1.05. The molecule has 0 spiro atoms. The highest BCUT2D eigenvalue weighted by Crippen LogP contribution is 2.24. The summed E-state index contributed by atoms with van der Waals surface area (Å²) in [5, 5.41) is 0. The van der Waals surface area contributed by atoms with Crippen molar-refractivity contribution in [2.75, 3.05) is 0 Å².